The molecule has 6 nitrogen and oxygen atoms in total. The number of nitriles is 1. The second-order valence-electron chi connectivity index (χ2n) is 8.85. The molecule has 0 amide bonds. The van der Waals surface area contributed by atoms with Crippen molar-refractivity contribution in [3.05, 3.63) is 41.3 Å². The van der Waals surface area contributed by atoms with Crippen LogP contribution in [0.25, 0.3) is 21.3 Å². The van der Waals surface area contributed by atoms with Gasteiger partial charge in [0.1, 0.15) is 22.9 Å². The molecule has 13 heteroatoms. The lowest BCUT2D eigenvalue weighted by molar-refractivity contribution is -0.289. The van der Waals surface area contributed by atoms with Gasteiger partial charge in [0.15, 0.2) is 0 Å². The van der Waals surface area contributed by atoms with Gasteiger partial charge in [-0.15, -0.1) is 11.3 Å². The number of aromatic nitrogens is 2. The SMILES string of the molecule is N#Cc1ccc(-c2csc3c(OC4C5COCC4CN(CC(F)(F)C(F)(F)F)C5)ncnc23)c(F)c1. The number of likely N-dealkylation sites (tertiary alicyclic amines) is 1. The van der Waals surface area contributed by atoms with Gasteiger partial charge in [-0.1, -0.05) is 6.07 Å². The molecule has 0 aliphatic carbocycles. The van der Waals surface area contributed by atoms with Gasteiger partial charge in [-0.05, 0) is 12.1 Å². The molecular formula is C23H18F6N4O2S. The van der Waals surface area contributed by atoms with E-state index in [1.807, 2.05) is 6.07 Å². The summed E-state index contributed by atoms with van der Waals surface area (Å²) < 4.78 is 92.3. The van der Waals surface area contributed by atoms with Crippen molar-refractivity contribution < 1.29 is 35.8 Å². The molecule has 190 valence electrons. The van der Waals surface area contributed by atoms with Crippen LogP contribution in [0, 0.1) is 29.0 Å². The minimum absolute atomic E-state index is 0.0484. The summed E-state index contributed by atoms with van der Waals surface area (Å²) in [5.74, 6) is -6.06. The number of nitrogens with zero attached hydrogens (tertiary/aromatic N) is 4. The van der Waals surface area contributed by atoms with Crippen molar-refractivity contribution in [3.63, 3.8) is 0 Å². The van der Waals surface area contributed by atoms with Crippen molar-refractivity contribution in [2.75, 3.05) is 32.8 Å². The van der Waals surface area contributed by atoms with E-state index in [0.29, 0.717) is 15.8 Å². The number of rotatable bonds is 5. The van der Waals surface area contributed by atoms with Crippen LogP contribution in [0.5, 0.6) is 5.88 Å². The molecule has 4 heterocycles. The first-order chi connectivity index (χ1) is 17.1. The van der Waals surface area contributed by atoms with Crippen LogP contribution in [0.15, 0.2) is 29.9 Å². The Morgan fingerprint density at radius 3 is 2.47 bits per heavy atom. The lowest BCUT2D eigenvalue weighted by atomic mass is 9.84. The Hall–Kier alpha value is -2.95. The van der Waals surface area contributed by atoms with E-state index in [0.717, 1.165) is 11.0 Å². The van der Waals surface area contributed by atoms with E-state index >= 15 is 0 Å². The number of piperidine rings is 1. The molecule has 3 aromatic rings. The molecule has 2 aliphatic rings. The summed E-state index contributed by atoms with van der Waals surface area (Å²) >= 11 is 1.23. The van der Waals surface area contributed by atoms with E-state index in [1.54, 1.807) is 5.38 Å². The first-order valence-corrected chi connectivity index (χ1v) is 11.8. The number of halogens is 6. The lowest BCUT2D eigenvalue weighted by Crippen LogP contribution is -2.60. The van der Waals surface area contributed by atoms with Crippen LogP contribution in [-0.4, -0.2) is 65.9 Å². The first-order valence-electron chi connectivity index (χ1n) is 10.9. The van der Waals surface area contributed by atoms with Gasteiger partial charge >= 0.3 is 12.1 Å². The third kappa shape index (κ3) is 4.49. The first kappa shape index (κ1) is 24.7. The summed E-state index contributed by atoms with van der Waals surface area (Å²) in [5.41, 5.74) is 1.38. The maximum absolute atomic E-state index is 14.6. The zero-order valence-electron chi connectivity index (χ0n) is 18.4. The Labute approximate surface area is 205 Å². The molecule has 0 N–H and O–H groups in total. The minimum Gasteiger partial charge on any atom is -0.472 e. The Bertz CT molecular complexity index is 1310. The third-order valence-electron chi connectivity index (χ3n) is 6.37. The second-order valence-corrected chi connectivity index (χ2v) is 9.73. The van der Waals surface area contributed by atoms with E-state index in [1.165, 1.54) is 29.8 Å². The van der Waals surface area contributed by atoms with Crippen LogP contribution in [-0.2, 0) is 4.74 Å². The fourth-order valence-corrected chi connectivity index (χ4v) is 5.67. The van der Waals surface area contributed by atoms with E-state index < -0.39 is 42.4 Å². The van der Waals surface area contributed by atoms with Crippen molar-refractivity contribution in [2.45, 2.75) is 18.2 Å². The standard InChI is InChI=1S/C23H18F6N4O2S/c24-17-3-12(4-30)1-2-15(17)16-9-36-20-18(16)31-11-32-21(20)35-19-13-5-33(6-14(19)8-34-7-13)10-22(25,26)23(27,28)29/h1-3,9,11,13-14,19H,5-8,10H2. The number of fused-ring (bicyclic) bond motifs is 3. The van der Waals surface area contributed by atoms with Crippen LogP contribution in [0.4, 0.5) is 26.3 Å². The fourth-order valence-electron chi connectivity index (χ4n) is 4.72. The van der Waals surface area contributed by atoms with Gasteiger partial charge < -0.3 is 9.47 Å². The van der Waals surface area contributed by atoms with Crippen molar-refractivity contribution in [2.24, 2.45) is 11.8 Å². The van der Waals surface area contributed by atoms with Gasteiger partial charge in [0.25, 0.3) is 0 Å². The van der Waals surface area contributed by atoms with Gasteiger partial charge in [0, 0.05) is 41.4 Å². The van der Waals surface area contributed by atoms with Crippen molar-refractivity contribution in [1.29, 1.82) is 5.26 Å². The topological polar surface area (TPSA) is 71.3 Å². The van der Waals surface area contributed by atoms with Crippen LogP contribution < -0.4 is 4.74 Å². The van der Waals surface area contributed by atoms with Gasteiger partial charge in [-0.25, -0.2) is 14.4 Å². The molecular weight excluding hydrogens is 510 g/mol. The zero-order chi connectivity index (χ0) is 25.7. The Balaban J connectivity index is 1.39. The molecule has 0 radical (unpaired) electrons. The molecule has 2 bridgehead atoms. The number of hydrogen-bond donors (Lipinski definition) is 0. The number of ether oxygens (including phenoxy) is 2. The number of hydrogen-bond acceptors (Lipinski definition) is 7. The van der Waals surface area contributed by atoms with Gasteiger partial charge in [-0.3, -0.25) is 4.90 Å². The summed E-state index contributed by atoms with van der Waals surface area (Å²) in [5, 5.41) is 10.7. The van der Waals surface area contributed by atoms with Gasteiger partial charge in [-0.2, -0.15) is 27.2 Å². The molecule has 36 heavy (non-hydrogen) atoms. The van der Waals surface area contributed by atoms with Crippen molar-refractivity contribution in [1.82, 2.24) is 14.9 Å². The van der Waals surface area contributed by atoms with E-state index in [2.05, 4.69) is 9.97 Å². The average molecular weight is 528 g/mol. The van der Waals surface area contributed by atoms with Crippen LogP contribution in [0.1, 0.15) is 5.56 Å². The maximum atomic E-state index is 14.6. The second kappa shape index (κ2) is 9.17. The summed E-state index contributed by atoms with van der Waals surface area (Å²) in [6.45, 7) is -1.22. The van der Waals surface area contributed by atoms with Crippen LogP contribution in [0.3, 0.4) is 0 Å². The van der Waals surface area contributed by atoms with Crippen LogP contribution in [0.2, 0.25) is 0 Å². The molecule has 0 saturated carbocycles. The molecule has 2 unspecified atom stereocenters. The molecule has 2 fully saturated rings. The highest BCUT2D eigenvalue weighted by Gasteiger charge is 2.59. The van der Waals surface area contributed by atoms with E-state index in [-0.39, 0.29) is 43.3 Å². The summed E-state index contributed by atoms with van der Waals surface area (Å²) in [4.78, 5) is 9.59. The number of alkyl halides is 5. The third-order valence-corrected chi connectivity index (χ3v) is 7.33. The summed E-state index contributed by atoms with van der Waals surface area (Å²) in [6.07, 6.45) is -4.87. The normalized spacial score (nSPS) is 23.0. The van der Waals surface area contributed by atoms with Gasteiger partial charge in [0.05, 0.1) is 36.9 Å². The fraction of sp³-hybridized carbons (Fsp3) is 0.435. The predicted octanol–water partition coefficient (Wildman–Crippen LogP) is 4.89. The molecule has 1 aromatic carbocycles. The Kier molecular flexibility index (Phi) is 6.30. The van der Waals surface area contributed by atoms with Crippen molar-refractivity contribution in [3.8, 4) is 23.1 Å². The molecule has 2 aromatic heterocycles. The Morgan fingerprint density at radius 1 is 1.11 bits per heavy atom. The molecule has 2 saturated heterocycles. The predicted molar refractivity (Wildman–Crippen MR) is 117 cm³/mol. The van der Waals surface area contributed by atoms with Crippen LogP contribution >= 0.6 is 11.3 Å². The number of thiophene rings is 1. The van der Waals surface area contributed by atoms with Gasteiger partial charge in [0.2, 0.25) is 5.88 Å². The molecule has 5 rings (SSSR count). The van der Waals surface area contributed by atoms with Crippen molar-refractivity contribution >= 4 is 21.6 Å². The minimum atomic E-state index is -5.62. The zero-order valence-corrected chi connectivity index (χ0v) is 19.3. The number of benzene rings is 1. The largest absolute Gasteiger partial charge is 0.472 e. The van der Waals surface area contributed by atoms with E-state index in [9.17, 15) is 26.3 Å². The highest BCUT2D eigenvalue weighted by Crippen LogP contribution is 2.41. The summed E-state index contributed by atoms with van der Waals surface area (Å²) in [7, 11) is 0. The Morgan fingerprint density at radius 2 is 1.83 bits per heavy atom. The quantitative estimate of drug-likeness (QED) is 0.439. The van der Waals surface area contributed by atoms with E-state index in [4.69, 9.17) is 14.7 Å². The maximum Gasteiger partial charge on any atom is 0.454 e. The molecule has 2 aliphatic heterocycles. The molecule has 0 spiro atoms. The smallest absolute Gasteiger partial charge is 0.454 e. The highest BCUT2D eigenvalue weighted by molar-refractivity contribution is 7.18. The highest BCUT2D eigenvalue weighted by atomic mass is 32.1. The lowest BCUT2D eigenvalue weighted by Gasteiger charge is -2.47. The average Bonchev–Trinajstić information content (AvgIpc) is 3.23. The monoisotopic (exact) mass is 528 g/mol. The summed E-state index contributed by atoms with van der Waals surface area (Å²) in [6, 6.07) is 6.00. The molecule has 2 atom stereocenters.